The van der Waals surface area contributed by atoms with E-state index in [4.69, 9.17) is 5.11 Å². The zero-order valence-corrected chi connectivity index (χ0v) is 9.19. The van der Waals surface area contributed by atoms with Gasteiger partial charge in [-0.1, -0.05) is 0 Å². The highest BCUT2D eigenvalue weighted by atomic mass is 19.1. The molecule has 0 radical (unpaired) electrons. The van der Waals surface area contributed by atoms with E-state index in [-0.39, 0.29) is 21.2 Å². The number of aliphatic carboxylic acids is 1. The van der Waals surface area contributed by atoms with Crippen molar-refractivity contribution in [1.29, 1.82) is 0 Å². The summed E-state index contributed by atoms with van der Waals surface area (Å²) in [6.07, 6.45) is -1.85. The van der Waals surface area contributed by atoms with E-state index in [1.165, 1.54) is 6.07 Å². The van der Waals surface area contributed by atoms with E-state index < -0.39 is 22.7 Å². The highest BCUT2D eigenvalue weighted by molar-refractivity contribution is 5.80. The lowest BCUT2D eigenvalue weighted by atomic mass is 10.2. The highest BCUT2D eigenvalue weighted by Crippen LogP contribution is 2.17. The second-order valence-electron chi connectivity index (χ2n) is 3.59. The van der Waals surface area contributed by atoms with Gasteiger partial charge in [0, 0.05) is 12.1 Å². The molecule has 0 spiro atoms. The number of non-ortho nitro benzene ring substituents is 1. The van der Waals surface area contributed by atoms with Crippen LogP contribution in [0.3, 0.4) is 0 Å². The van der Waals surface area contributed by atoms with E-state index >= 15 is 0 Å². The van der Waals surface area contributed by atoms with Crippen molar-refractivity contribution in [2.75, 3.05) is 0 Å². The molecule has 1 unspecified atom stereocenters. The first kappa shape index (κ1) is 12.6. The summed E-state index contributed by atoms with van der Waals surface area (Å²) in [5.41, 5.74) is -1.25. The van der Waals surface area contributed by atoms with E-state index in [1.807, 2.05) is 0 Å². The molecule has 0 aliphatic rings. The van der Waals surface area contributed by atoms with Gasteiger partial charge in [0.2, 0.25) is 0 Å². The van der Waals surface area contributed by atoms with E-state index in [9.17, 15) is 24.1 Å². The molecule has 2 aromatic rings. The third kappa shape index (κ3) is 2.12. The molecule has 19 heavy (non-hydrogen) atoms. The summed E-state index contributed by atoms with van der Waals surface area (Å²) in [7, 11) is 0. The lowest BCUT2D eigenvalue weighted by Gasteiger charge is -2.07. The molecule has 98 valence electrons. The van der Waals surface area contributed by atoms with Crippen LogP contribution in [0.1, 0.15) is 6.30 Å². The van der Waals surface area contributed by atoms with Gasteiger partial charge < -0.3 is 5.11 Å². The Kier molecular flexibility index (Phi) is 2.95. The van der Waals surface area contributed by atoms with E-state index in [0.717, 1.165) is 18.5 Å². The first-order valence-corrected chi connectivity index (χ1v) is 4.94. The molecular weight excluding hydrogens is 261 g/mol. The van der Waals surface area contributed by atoms with Gasteiger partial charge in [0.25, 0.3) is 17.5 Å². The molecule has 1 aromatic heterocycles. The Balaban J connectivity index is 2.72. The fourth-order valence-electron chi connectivity index (χ4n) is 1.52. The average molecular weight is 267 g/mol. The van der Waals surface area contributed by atoms with Gasteiger partial charge in [-0.25, -0.2) is 14.2 Å². The molecule has 0 aliphatic carbocycles. The fourth-order valence-corrected chi connectivity index (χ4v) is 1.52. The van der Waals surface area contributed by atoms with Crippen LogP contribution in [-0.2, 0) is 4.79 Å². The number of aromatic nitrogens is 2. The topological polar surface area (TPSA) is 115 Å². The van der Waals surface area contributed by atoms with Crippen molar-refractivity contribution in [2.24, 2.45) is 0 Å². The van der Waals surface area contributed by atoms with Crippen molar-refractivity contribution >= 4 is 22.6 Å². The number of nitrogens with zero attached hydrogens (tertiary/aromatic N) is 3. The predicted molar refractivity (Wildman–Crippen MR) is 60.4 cm³/mol. The lowest BCUT2D eigenvalue weighted by Crippen LogP contribution is -2.27. The Morgan fingerprint density at radius 2 is 2.21 bits per heavy atom. The Morgan fingerprint density at radius 3 is 2.79 bits per heavy atom. The maximum atomic E-state index is 13.3. The summed E-state index contributed by atoms with van der Waals surface area (Å²) in [6, 6.07) is 3.30. The molecular formula is C10H6FN3O5. The Labute approximate surface area is 103 Å². The Bertz CT molecular complexity index is 742. The van der Waals surface area contributed by atoms with Crippen molar-refractivity contribution in [1.82, 2.24) is 9.55 Å². The second-order valence-corrected chi connectivity index (χ2v) is 3.59. The number of carbonyl (C=O) groups is 1. The van der Waals surface area contributed by atoms with Crippen molar-refractivity contribution in [3.8, 4) is 0 Å². The molecule has 1 aromatic carbocycles. The van der Waals surface area contributed by atoms with Gasteiger partial charge >= 0.3 is 5.97 Å². The highest BCUT2D eigenvalue weighted by Gasteiger charge is 2.21. The van der Waals surface area contributed by atoms with Crippen molar-refractivity contribution < 1.29 is 19.2 Å². The molecule has 9 heteroatoms. The van der Waals surface area contributed by atoms with E-state index in [2.05, 4.69) is 4.98 Å². The summed E-state index contributed by atoms with van der Waals surface area (Å²) >= 11 is 0. The van der Waals surface area contributed by atoms with Gasteiger partial charge in [-0.2, -0.15) is 0 Å². The molecule has 0 bridgehead atoms. The van der Waals surface area contributed by atoms with Crippen LogP contribution in [0.4, 0.5) is 10.1 Å². The first-order chi connectivity index (χ1) is 8.91. The molecule has 0 aliphatic heterocycles. The molecule has 1 atom stereocenters. The number of carboxylic acids is 1. The number of hydrogen-bond acceptors (Lipinski definition) is 5. The van der Waals surface area contributed by atoms with Crippen LogP contribution >= 0.6 is 0 Å². The summed E-state index contributed by atoms with van der Waals surface area (Å²) < 4.78 is 13.6. The van der Waals surface area contributed by atoms with Crippen LogP contribution in [0.2, 0.25) is 0 Å². The number of nitro groups is 1. The van der Waals surface area contributed by atoms with Crippen LogP contribution in [0.15, 0.2) is 29.3 Å². The van der Waals surface area contributed by atoms with Gasteiger partial charge in [-0.3, -0.25) is 19.5 Å². The number of hydrogen-bond donors (Lipinski definition) is 1. The molecule has 2 rings (SSSR count). The molecule has 1 heterocycles. The summed E-state index contributed by atoms with van der Waals surface area (Å²) in [4.78, 5) is 35.9. The molecule has 0 saturated heterocycles. The van der Waals surface area contributed by atoms with Gasteiger partial charge in [-0.15, -0.1) is 0 Å². The minimum atomic E-state index is -2.59. The normalized spacial score (nSPS) is 12.3. The van der Waals surface area contributed by atoms with Crippen LogP contribution in [0, 0.1) is 10.1 Å². The number of fused-ring (bicyclic) bond motifs is 1. The average Bonchev–Trinajstić information content (AvgIpc) is 2.38. The second kappa shape index (κ2) is 4.44. The maximum Gasteiger partial charge on any atom is 0.360 e. The number of nitro benzene ring substituents is 1. The first-order valence-electron chi connectivity index (χ1n) is 4.94. The lowest BCUT2D eigenvalue weighted by molar-refractivity contribution is -0.384. The Hall–Kier alpha value is -2.84. The largest absolute Gasteiger partial charge is 0.478 e. The minimum absolute atomic E-state index is 0.115. The summed E-state index contributed by atoms with van der Waals surface area (Å²) in [5, 5.41) is 18.9. The molecule has 0 amide bonds. The molecule has 8 nitrogen and oxygen atoms in total. The van der Waals surface area contributed by atoms with Crippen LogP contribution < -0.4 is 5.56 Å². The standard InChI is InChI=1S/C10H6FN3O5/c11-8(10(16)17)13-4-12-7-2-1-5(14(18)19)3-6(7)9(13)15/h1-4,8H,(H,16,17). The number of halogens is 1. The van der Waals surface area contributed by atoms with Gasteiger partial charge in [-0.05, 0) is 6.07 Å². The summed E-state index contributed by atoms with van der Waals surface area (Å²) in [5.74, 6) is -1.85. The molecule has 0 fully saturated rings. The van der Waals surface area contributed by atoms with Crippen LogP contribution in [0.5, 0.6) is 0 Å². The monoisotopic (exact) mass is 267 g/mol. The molecule has 1 N–H and O–H groups in total. The minimum Gasteiger partial charge on any atom is -0.478 e. The van der Waals surface area contributed by atoms with Gasteiger partial charge in [0.05, 0.1) is 15.8 Å². The number of rotatable bonds is 3. The van der Waals surface area contributed by atoms with E-state index in [1.54, 1.807) is 0 Å². The maximum absolute atomic E-state index is 13.3. The van der Waals surface area contributed by atoms with Crippen molar-refractivity contribution in [2.45, 2.75) is 6.30 Å². The number of alkyl halides is 1. The zero-order valence-electron chi connectivity index (χ0n) is 9.19. The van der Waals surface area contributed by atoms with Gasteiger partial charge in [0.1, 0.15) is 6.33 Å². The van der Waals surface area contributed by atoms with Crippen molar-refractivity contribution in [3.05, 3.63) is 45.0 Å². The predicted octanol–water partition coefficient (Wildman–Crippen LogP) is 0.857. The third-order valence-corrected chi connectivity index (χ3v) is 2.43. The smallest absolute Gasteiger partial charge is 0.360 e. The van der Waals surface area contributed by atoms with Gasteiger partial charge in [0.15, 0.2) is 0 Å². The van der Waals surface area contributed by atoms with Crippen LogP contribution in [0.25, 0.3) is 10.9 Å². The number of benzene rings is 1. The molecule has 0 saturated carbocycles. The van der Waals surface area contributed by atoms with Crippen LogP contribution in [-0.4, -0.2) is 25.6 Å². The van der Waals surface area contributed by atoms with E-state index in [0.29, 0.717) is 0 Å². The van der Waals surface area contributed by atoms with Crippen molar-refractivity contribution in [3.63, 3.8) is 0 Å². The fraction of sp³-hybridized carbons (Fsp3) is 0.100. The SMILES string of the molecule is O=C(O)C(F)n1cnc2ccc([N+](=O)[O-])cc2c1=O. The summed E-state index contributed by atoms with van der Waals surface area (Å²) in [6.45, 7) is 0. The number of carboxylic acid groups (broad SMARTS) is 1. The quantitative estimate of drug-likeness (QED) is 0.651. The third-order valence-electron chi connectivity index (χ3n) is 2.43. The Morgan fingerprint density at radius 1 is 1.53 bits per heavy atom. The zero-order chi connectivity index (χ0) is 14.2.